The molecule has 0 fully saturated rings. The minimum Gasteiger partial charge on any atom is -0.310 e. The maximum absolute atomic E-state index is 2.54. The van der Waals surface area contributed by atoms with E-state index in [1.807, 2.05) is 22.7 Å². The van der Waals surface area contributed by atoms with E-state index in [0.29, 0.717) is 0 Å². The summed E-state index contributed by atoms with van der Waals surface area (Å²) >= 11 is 3.80. The molecule has 4 heteroatoms. The van der Waals surface area contributed by atoms with E-state index in [0.717, 1.165) is 5.69 Å². The summed E-state index contributed by atoms with van der Waals surface area (Å²) in [4.78, 5) is 2.49. The molecule has 1 nitrogen and oxygen atoms in total. The summed E-state index contributed by atoms with van der Waals surface area (Å²) in [7, 11) is -2.02. The molecule has 10 aromatic rings. The van der Waals surface area contributed by atoms with Crippen molar-refractivity contribution in [1.82, 2.24) is 0 Å². The highest BCUT2D eigenvalue weighted by Gasteiger charge is 2.39. The van der Waals surface area contributed by atoms with Crippen molar-refractivity contribution >= 4 is 109 Å². The molecule has 3 heterocycles. The van der Waals surface area contributed by atoms with Gasteiger partial charge in [0.15, 0.2) is 0 Å². The summed E-state index contributed by atoms with van der Waals surface area (Å²) in [6.07, 6.45) is 0. The van der Waals surface area contributed by atoms with Gasteiger partial charge in [0.25, 0.3) is 0 Å². The Hall–Kier alpha value is -5.52. The van der Waals surface area contributed by atoms with Crippen LogP contribution in [0.3, 0.4) is 0 Å². The van der Waals surface area contributed by atoms with Crippen LogP contribution >= 0.6 is 22.7 Å². The summed E-state index contributed by atoms with van der Waals surface area (Å²) in [6.45, 7) is 5.08. The van der Waals surface area contributed by atoms with Crippen molar-refractivity contribution in [3.8, 4) is 22.3 Å². The minimum absolute atomic E-state index is 1.16. The van der Waals surface area contributed by atoms with Gasteiger partial charge < -0.3 is 4.90 Å². The molecule has 0 unspecified atom stereocenters. The van der Waals surface area contributed by atoms with Crippen LogP contribution in [0, 0.1) is 0 Å². The van der Waals surface area contributed by atoms with Gasteiger partial charge in [-0.3, -0.25) is 0 Å². The number of benzene rings is 8. The summed E-state index contributed by atoms with van der Waals surface area (Å²) in [5, 5.41) is 11.1. The first kappa shape index (κ1) is 30.1. The molecule has 8 aromatic carbocycles. The van der Waals surface area contributed by atoms with Crippen molar-refractivity contribution in [2.75, 3.05) is 4.90 Å². The minimum atomic E-state index is -2.02. The van der Waals surface area contributed by atoms with Gasteiger partial charge in [0, 0.05) is 57.4 Å². The molecular formula is C48H33NS2Si. The largest absolute Gasteiger partial charge is 0.310 e. The van der Waals surface area contributed by atoms with Gasteiger partial charge in [-0.2, -0.15) is 0 Å². The fourth-order valence-corrected chi connectivity index (χ4v) is 14.1. The third-order valence-electron chi connectivity index (χ3n) is 11.2. The molecule has 52 heavy (non-hydrogen) atoms. The number of anilines is 3. The van der Waals surface area contributed by atoms with Crippen LogP contribution in [0.15, 0.2) is 164 Å². The maximum atomic E-state index is 2.54. The van der Waals surface area contributed by atoms with Crippen LogP contribution in [0.5, 0.6) is 0 Å². The van der Waals surface area contributed by atoms with E-state index in [1.165, 1.54) is 89.9 Å². The second-order valence-corrected chi connectivity index (χ2v) is 21.0. The van der Waals surface area contributed by atoms with Crippen LogP contribution in [-0.2, 0) is 0 Å². The Morgan fingerprint density at radius 2 is 1.08 bits per heavy atom. The van der Waals surface area contributed by atoms with Gasteiger partial charge in [-0.15, -0.1) is 22.7 Å². The number of hydrogen-bond donors (Lipinski definition) is 0. The molecule has 0 atom stereocenters. The average Bonchev–Trinajstić information content (AvgIpc) is 3.82. The quantitative estimate of drug-likeness (QED) is 0.164. The molecule has 0 bridgehead atoms. The van der Waals surface area contributed by atoms with Gasteiger partial charge in [0.1, 0.15) is 8.07 Å². The molecule has 0 saturated carbocycles. The molecule has 0 spiro atoms. The van der Waals surface area contributed by atoms with Gasteiger partial charge in [0.2, 0.25) is 0 Å². The second-order valence-electron chi connectivity index (χ2n) is 14.5. The summed E-state index contributed by atoms with van der Waals surface area (Å²) in [5.74, 6) is 0. The lowest BCUT2D eigenvalue weighted by Crippen LogP contribution is -2.49. The van der Waals surface area contributed by atoms with Crippen molar-refractivity contribution in [3.05, 3.63) is 164 Å². The average molecular weight is 716 g/mol. The molecule has 0 saturated heterocycles. The van der Waals surface area contributed by atoms with Crippen molar-refractivity contribution in [2.24, 2.45) is 0 Å². The van der Waals surface area contributed by atoms with Gasteiger partial charge in [-0.1, -0.05) is 122 Å². The Labute approximate surface area is 311 Å². The van der Waals surface area contributed by atoms with E-state index in [4.69, 9.17) is 0 Å². The van der Waals surface area contributed by atoms with Crippen molar-refractivity contribution in [3.63, 3.8) is 0 Å². The fourth-order valence-electron chi connectivity index (χ4n) is 8.76. The molecule has 2 aromatic heterocycles. The first-order valence-corrected chi connectivity index (χ1v) is 22.6. The fraction of sp³-hybridized carbons (Fsp3) is 0.0417. The zero-order valence-corrected chi connectivity index (χ0v) is 31.5. The lowest BCUT2D eigenvalue weighted by molar-refractivity contribution is 1.29. The third-order valence-corrected chi connectivity index (χ3v) is 17.0. The van der Waals surface area contributed by atoms with Crippen LogP contribution in [0.2, 0.25) is 13.1 Å². The molecule has 11 rings (SSSR count). The molecule has 0 radical (unpaired) electrons. The molecule has 0 amide bonds. The van der Waals surface area contributed by atoms with Crippen LogP contribution in [0.1, 0.15) is 0 Å². The Morgan fingerprint density at radius 3 is 1.96 bits per heavy atom. The highest BCUT2D eigenvalue weighted by atomic mass is 32.1. The van der Waals surface area contributed by atoms with E-state index in [1.54, 1.807) is 5.19 Å². The van der Waals surface area contributed by atoms with Gasteiger partial charge >= 0.3 is 0 Å². The SMILES string of the molecule is C[Si]1(C)c2cc(N(c3cccc(-c4cccc5ccccc45)c3)c3ccc4c(c3)sc3ccccc34)ccc2-c2c1ccc1sc3ccccc3c21. The molecule has 246 valence electrons. The first-order valence-electron chi connectivity index (χ1n) is 17.9. The third kappa shape index (κ3) is 4.38. The zero-order valence-electron chi connectivity index (χ0n) is 28.9. The molecule has 0 N–H and O–H groups in total. The molecule has 1 aliphatic heterocycles. The highest BCUT2D eigenvalue weighted by molar-refractivity contribution is 7.26. The van der Waals surface area contributed by atoms with Gasteiger partial charge in [-0.25, -0.2) is 0 Å². The van der Waals surface area contributed by atoms with Crippen molar-refractivity contribution < 1.29 is 0 Å². The Kier molecular flexibility index (Phi) is 6.51. The van der Waals surface area contributed by atoms with E-state index in [2.05, 4.69) is 182 Å². The predicted octanol–water partition coefficient (Wildman–Crippen LogP) is 13.5. The van der Waals surface area contributed by atoms with Crippen LogP contribution < -0.4 is 15.3 Å². The van der Waals surface area contributed by atoms with E-state index in [-0.39, 0.29) is 0 Å². The molecule has 1 aliphatic rings. The lowest BCUT2D eigenvalue weighted by atomic mass is 9.97. The molecule has 0 aliphatic carbocycles. The number of thiophene rings is 2. The monoisotopic (exact) mass is 715 g/mol. The van der Waals surface area contributed by atoms with Crippen molar-refractivity contribution in [2.45, 2.75) is 13.1 Å². The van der Waals surface area contributed by atoms with E-state index in [9.17, 15) is 0 Å². The Morgan fingerprint density at radius 1 is 0.423 bits per heavy atom. The predicted molar refractivity (Wildman–Crippen MR) is 232 cm³/mol. The smallest absolute Gasteiger partial charge is 0.113 e. The number of hydrogen-bond acceptors (Lipinski definition) is 3. The Bertz CT molecular complexity index is 3070. The topological polar surface area (TPSA) is 3.24 Å². The van der Waals surface area contributed by atoms with Gasteiger partial charge in [0.05, 0.1) is 0 Å². The zero-order chi connectivity index (χ0) is 34.6. The first-order chi connectivity index (χ1) is 25.5. The van der Waals surface area contributed by atoms with Crippen LogP contribution in [0.4, 0.5) is 17.1 Å². The number of nitrogens with zero attached hydrogens (tertiary/aromatic N) is 1. The summed E-state index contributed by atoms with van der Waals surface area (Å²) < 4.78 is 5.38. The number of rotatable bonds is 4. The Balaban J connectivity index is 1.13. The number of fused-ring (bicyclic) bond motifs is 11. The lowest BCUT2D eigenvalue weighted by Gasteiger charge is -2.28. The van der Waals surface area contributed by atoms with Crippen LogP contribution in [-0.4, -0.2) is 8.07 Å². The van der Waals surface area contributed by atoms with E-state index < -0.39 is 8.07 Å². The summed E-state index contributed by atoms with van der Waals surface area (Å²) in [5.41, 5.74) is 8.89. The van der Waals surface area contributed by atoms with E-state index >= 15 is 0 Å². The van der Waals surface area contributed by atoms with Gasteiger partial charge in [-0.05, 0) is 98.0 Å². The summed E-state index contributed by atoms with van der Waals surface area (Å²) in [6, 6.07) is 61.4. The normalized spacial score (nSPS) is 13.3. The second kappa shape index (κ2) is 11.2. The van der Waals surface area contributed by atoms with Crippen molar-refractivity contribution in [1.29, 1.82) is 0 Å². The maximum Gasteiger partial charge on any atom is 0.113 e. The standard InChI is InChI=1S/C48H33NS2Si/c1-52(2)45-26-25-43-47(39-17-6-8-20-42(39)50-43)48(45)40-24-22-34(29-46(40)52)49(33-21-23-38-37-16-5-7-19-41(37)51-44(38)28-33)32-14-9-13-31(27-32)36-18-10-12-30-11-3-4-15-35(30)36/h3-29H,1-2H3. The molecular weight excluding hydrogens is 683 g/mol. The van der Waals surface area contributed by atoms with Crippen LogP contribution in [0.25, 0.3) is 73.4 Å². The highest BCUT2D eigenvalue weighted by Crippen LogP contribution is 2.45.